The number of aldehydes is 1. The molecule has 1 rings (SSSR count). The lowest BCUT2D eigenvalue weighted by atomic mass is 10.1. The molecule has 0 spiro atoms. The van der Waals surface area contributed by atoms with Gasteiger partial charge in [-0.2, -0.15) is 13.2 Å². The van der Waals surface area contributed by atoms with Crippen molar-refractivity contribution in [1.29, 1.82) is 0 Å². The van der Waals surface area contributed by atoms with E-state index in [9.17, 15) is 31.1 Å². The molecule has 0 aliphatic heterocycles. The molecular weight excluding hydrogens is 226 g/mol. The topological polar surface area (TPSA) is 17.1 Å². The molecule has 1 aromatic carbocycles. The van der Waals surface area contributed by atoms with Crippen molar-refractivity contribution in [2.24, 2.45) is 0 Å². The van der Waals surface area contributed by atoms with Gasteiger partial charge in [0.2, 0.25) is 0 Å². The smallest absolute Gasteiger partial charge is 0.298 e. The molecule has 0 heterocycles. The van der Waals surface area contributed by atoms with E-state index in [4.69, 9.17) is 0 Å². The molecule has 82 valence electrons. The Labute approximate surface area is 79.3 Å². The van der Waals surface area contributed by atoms with Crippen molar-refractivity contribution < 1.29 is 31.1 Å². The highest BCUT2D eigenvalue weighted by Gasteiger charge is 2.36. The van der Waals surface area contributed by atoms with Crippen molar-refractivity contribution in [1.82, 2.24) is 0 Å². The van der Waals surface area contributed by atoms with Crippen LogP contribution in [0, 0.1) is 17.5 Å². The van der Waals surface area contributed by atoms with Gasteiger partial charge in [-0.05, 0) is 6.07 Å². The molecule has 0 aliphatic carbocycles. The lowest BCUT2D eigenvalue weighted by Crippen LogP contribution is -2.13. The first-order chi connectivity index (χ1) is 6.79. The van der Waals surface area contributed by atoms with E-state index in [0.717, 1.165) is 0 Å². The Morgan fingerprint density at radius 3 is 2.00 bits per heavy atom. The quantitative estimate of drug-likeness (QED) is 0.410. The highest BCUT2D eigenvalue weighted by atomic mass is 19.4. The molecule has 0 bridgehead atoms. The van der Waals surface area contributed by atoms with E-state index in [2.05, 4.69) is 0 Å². The van der Waals surface area contributed by atoms with Crippen LogP contribution in [0.3, 0.4) is 0 Å². The molecule has 0 saturated heterocycles. The van der Waals surface area contributed by atoms with Crippen LogP contribution < -0.4 is 0 Å². The van der Waals surface area contributed by atoms with E-state index in [1.54, 1.807) is 0 Å². The highest BCUT2D eigenvalue weighted by molar-refractivity contribution is 5.78. The third-order valence-corrected chi connectivity index (χ3v) is 1.62. The summed E-state index contributed by atoms with van der Waals surface area (Å²) >= 11 is 0. The zero-order valence-corrected chi connectivity index (χ0v) is 6.83. The number of rotatable bonds is 1. The normalized spacial score (nSPS) is 11.6. The minimum absolute atomic E-state index is 0.262. The summed E-state index contributed by atoms with van der Waals surface area (Å²) < 4.78 is 74.0. The number of hydrogen-bond acceptors (Lipinski definition) is 1. The van der Waals surface area contributed by atoms with Crippen LogP contribution in [0.2, 0.25) is 0 Å². The molecule has 0 saturated carbocycles. The van der Waals surface area contributed by atoms with E-state index < -0.39 is 41.0 Å². The Morgan fingerprint density at radius 1 is 1.07 bits per heavy atom. The van der Waals surface area contributed by atoms with Gasteiger partial charge in [-0.3, -0.25) is 4.79 Å². The molecule has 0 fully saturated rings. The van der Waals surface area contributed by atoms with Crippen molar-refractivity contribution in [2.75, 3.05) is 0 Å². The van der Waals surface area contributed by atoms with Gasteiger partial charge in [0, 0.05) is 0 Å². The zero-order valence-electron chi connectivity index (χ0n) is 6.83. The second kappa shape index (κ2) is 3.56. The van der Waals surface area contributed by atoms with Crippen LogP contribution >= 0.6 is 0 Å². The summed E-state index contributed by atoms with van der Waals surface area (Å²) in [5.41, 5.74) is -3.38. The first-order valence-corrected chi connectivity index (χ1v) is 3.49. The second-order valence-electron chi connectivity index (χ2n) is 2.56. The van der Waals surface area contributed by atoms with Gasteiger partial charge < -0.3 is 0 Å². The summed E-state index contributed by atoms with van der Waals surface area (Å²) in [4.78, 5) is 10.1. The van der Waals surface area contributed by atoms with Crippen LogP contribution in [0.15, 0.2) is 6.07 Å². The van der Waals surface area contributed by atoms with E-state index >= 15 is 0 Å². The molecule has 0 N–H and O–H groups in total. The average molecular weight is 228 g/mol. The highest BCUT2D eigenvalue weighted by Crippen LogP contribution is 2.33. The molecule has 7 heteroatoms. The van der Waals surface area contributed by atoms with Gasteiger partial charge in [-0.1, -0.05) is 0 Å². The number of carbonyl (C=O) groups is 1. The standard InChI is InChI=1S/C8H2F6O/c9-5-1-4(8(12,13)14)3(2-15)6(10)7(5)11/h1-2H. The first-order valence-electron chi connectivity index (χ1n) is 3.49. The van der Waals surface area contributed by atoms with Crippen LogP contribution in [0.25, 0.3) is 0 Å². The molecule has 1 nitrogen and oxygen atoms in total. The maximum Gasteiger partial charge on any atom is 0.417 e. The fourth-order valence-corrected chi connectivity index (χ4v) is 0.959. The number of halogens is 6. The van der Waals surface area contributed by atoms with Crippen LogP contribution in [0.5, 0.6) is 0 Å². The van der Waals surface area contributed by atoms with Gasteiger partial charge in [0.25, 0.3) is 0 Å². The predicted octanol–water partition coefficient (Wildman–Crippen LogP) is 2.94. The second-order valence-corrected chi connectivity index (χ2v) is 2.56. The van der Waals surface area contributed by atoms with Crippen molar-refractivity contribution in [2.45, 2.75) is 6.18 Å². The molecule has 0 unspecified atom stereocenters. The third-order valence-electron chi connectivity index (χ3n) is 1.62. The van der Waals surface area contributed by atoms with Crippen LogP contribution in [-0.4, -0.2) is 6.29 Å². The monoisotopic (exact) mass is 228 g/mol. The van der Waals surface area contributed by atoms with E-state index in [0.29, 0.717) is 0 Å². The molecule has 1 aromatic rings. The first kappa shape index (κ1) is 11.5. The summed E-state index contributed by atoms with van der Waals surface area (Å²) in [5, 5.41) is 0. The number of benzene rings is 1. The summed E-state index contributed by atoms with van der Waals surface area (Å²) in [6, 6.07) is -0.262. The van der Waals surface area contributed by atoms with Gasteiger partial charge in [0.15, 0.2) is 23.7 Å². The third kappa shape index (κ3) is 1.95. The lowest BCUT2D eigenvalue weighted by Gasteiger charge is -2.10. The van der Waals surface area contributed by atoms with Gasteiger partial charge >= 0.3 is 6.18 Å². The molecular formula is C8H2F6O. The van der Waals surface area contributed by atoms with Crippen LogP contribution in [-0.2, 0) is 6.18 Å². The molecule has 0 aliphatic rings. The van der Waals surface area contributed by atoms with E-state index in [-0.39, 0.29) is 6.07 Å². The van der Waals surface area contributed by atoms with Crippen LogP contribution in [0.4, 0.5) is 26.3 Å². The number of carbonyl (C=O) groups excluding carboxylic acids is 1. The Kier molecular flexibility index (Phi) is 2.74. The fourth-order valence-electron chi connectivity index (χ4n) is 0.959. The van der Waals surface area contributed by atoms with E-state index in [1.807, 2.05) is 0 Å². The maximum atomic E-state index is 12.7. The van der Waals surface area contributed by atoms with Crippen molar-refractivity contribution >= 4 is 6.29 Å². The average Bonchev–Trinajstić information content (AvgIpc) is 2.12. The Morgan fingerprint density at radius 2 is 1.60 bits per heavy atom. The molecule has 15 heavy (non-hydrogen) atoms. The Balaban J connectivity index is 3.60. The van der Waals surface area contributed by atoms with Gasteiger partial charge in [0.1, 0.15) is 0 Å². The summed E-state index contributed by atoms with van der Waals surface area (Å²) in [7, 11) is 0. The van der Waals surface area contributed by atoms with E-state index in [1.165, 1.54) is 0 Å². The van der Waals surface area contributed by atoms with Gasteiger partial charge in [-0.25, -0.2) is 13.2 Å². The minimum atomic E-state index is -5.12. The summed E-state index contributed by atoms with van der Waals surface area (Å²) in [5.74, 6) is -6.24. The minimum Gasteiger partial charge on any atom is -0.298 e. The molecule has 0 radical (unpaired) electrons. The van der Waals surface area contributed by atoms with Gasteiger partial charge in [-0.15, -0.1) is 0 Å². The van der Waals surface area contributed by atoms with Crippen molar-refractivity contribution in [3.05, 3.63) is 34.6 Å². The number of hydrogen-bond donors (Lipinski definition) is 0. The SMILES string of the molecule is O=Cc1c(C(F)(F)F)cc(F)c(F)c1F. The molecule has 0 aromatic heterocycles. The predicted molar refractivity (Wildman–Crippen MR) is 36.7 cm³/mol. The van der Waals surface area contributed by atoms with Crippen LogP contribution in [0.1, 0.15) is 15.9 Å². The maximum absolute atomic E-state index is 12.7. The molecule has 0 atom stereocenters. The lowest BCUT2D eigenvalue weighted by molar-refractivity contribution is -0.138. The number of alkyl halides is 3. The zero-order chi connectivity index (χ0) is 11.8. The molecule has 0 amide bonds. The van der Waals surface area contributed by atoms with Crippen molar-refractivity contribution in [3.8, 4) is 0 Å². The summed E-state index contributed by atoms with van der Waals surface area (Å²) in [6.07, 6.45) is -5.63. The fraction of sp³-hybridized carbons (Fsp3) is 0.125. The van der Waals surface area contributed by atoms with Crippen molar-refractivity contribution in [3.63, 3.8) is 0 Å². The van der Waals surface area contributed by atoms with Gasteiger partial charge in [0.05, 0.1) is 11.1 Å². The Bertz CT molecular complexity index is 409. The summed E-state index contributed by atoms with van der Waals surface area (Å²) in [6.45, 7) is 0. The Hall–Kier alpha value is -1.53. The largest absolute Gasteiger partial charge is 0.417 e.